The van der Waals surface area contributed by atoms with E-state index in [1.807, 2.05) is 41.1 Å². The highest BCUT2D eigenvalue weighted by atomic mass is 79.9. The molecule has 0 atom stereocenters. The van der Waals surface area contributed by atoms with Crippen molar-refractivity contribution in [2.24, 2.45) is 5.73 Å². The lowest BCUT2D eigenvalue weighted by molar-refractivity contribution is 0.601. The standard InChI is InChI=1S/C16H14BrFN2/c17-13-4-5-15(18)12(8-13)10-20-7-6-14-11(9-19)2-1-3-16(14)20/h1-8H,9-10,19H2. The molecule has 0 saturated carbocycles. The number of aromatic nitrogens is 1. The third kappa shape index (κ3) is 2.37. The van der Waals surface area contributed by atoms with Gasteiger partial charge >= 0.3 is 0 Å². The summed E-state index contributed by atoms with van der Waals surface area (Å²) in [6.45, 7) is 1.01. The van der Waals surface area contributed by atoms with E-state index in [0.717, 1.165) is 20.9 Å². The van der Waals surface area contributed by atoms with Crippen LogP contribution in [0.4, 0.5) is 4.39 Å². The first-order valence-corrected chi connectivity index (χ1v) is 7.19. The van der Waals surface area contributed by atoms with Crippen molar-refractivity contribution in [1.82, 2.24) is 4.57 Å². The van der Waals surface area contributed by atoms with Crippen molar-refractivity contribution in [1.29, 1.82) is 0 Å². The zero-order valence-electron chi connectivity index (χ0n) is 10.8. The van der Waals surface area contributed by atoms with Crippen LogP contribution < -0.4 is 5.73 Å². The molecule has 0 bridgehead atoms. The molecule has 0 radical (unpaired) electrons. The Morgan fingerprint density at radius 2 is 1.95 bits per heavy atom. The van der Waals surface area contributed by atoms with Gasteiger partial charge in [0.25, 0.3) is 0 Å². The van der Waals surface area contributed by atoms with E-state index in [4.69, 9.17) is 5.73 Å². The van der Waals surface area contributed by atoms with Crippen LogP contribution in [0.2, 0.25) is 0 Å². The fraction of sp³-hybridized carbons (Fsp3) is 0.125. The molecule has 1 heterocycles. The molecule has 0 saturated heterocycles. The SMILES string of the molecule is NCc1cccc2c1ccn2Cc1cc(Br)ccc1F. The maximum Gasteiger partial charge on any atom is 0.128 e. The number of rotatable bonds is 3. The average Bonchev–Trinajstić information content (AvgIpc) is 2.86. The minimum absolute atomic E-state index is 0.190. The highest BCUT2D eigenvalue weighted by Crippen LogP contribution is 2.23. The van der Waals surface area contributed by atoms with Gasteiger partial charge in [-0.05, 0) is 35.9 Å². The molecule has 20 heavy (non-hydrogen) atoms. The third-order valence-electron chi connectivity index (χ3n) is 3.47. The van der Waals surface area contributed by atoms with Crippen molar-refractivity contribution >= 4 is 26.8 Å². The van der Waals surface area contributed by atoms with Crippen LogP contribution >= 0.6 is 15.9 Å². The molecule has 3 aromatic rings. The number of benzene rings is 2. The summed E-state index contributed by atoms with van der Waals surface area (Å²) in [7, 11) is 0. The van der Waals surface area contributed by atoms with Crippen molar-refractivity contribution in [2.45, 2.75) is 13.1 Å². The molecule has 0 amide bonds. The molecule has 4 heteroatoms. The number of hydrogen-bond acceptors (Lipinski definition) is 1. The van der Waals surface area contributed by atoms with Gasteiger partial charge in [0.05, 0.1) is 6.54 Å². The molecule has 0 aliphatic carbocycles. The number of nitrogens with two attached hydrogens (primary N) is 1. The van der Waals surface area contributed by atoms with Crippen molar-refractivity contribution in [3.63, 3.8) is 0 Å². The number of hydrogen-bond donors (Lipinski definition) is 1. The second-order valence-corrected chi connectivity index (χ2v) is 5.65. The molecular weight excluding hydrogens is 319 g/mol. The summed E-state index contributed by atoms with van der Waals surface area (Å²) in [6.07, 6.45) is 1.98. The Labute approximate surface area is 125 Å². The summed E-state index contributed by atoms with van der Waals surface area (Å²) in [6, 6.07) is 13.1. The number of nitrogens with zero attached hydrogens (tertiary/aromatic N) is 1. The van der Waals surface area contributed by atoms with E-state index >= 15 is 0 Å². The highest BCUT2D eigenvalue weighted by molar-refractivity contribution is 9.10. The summed E-state index contributed by atoms with van der Waals surface area (Å²) in [5.41, 5.74) is 8.59. The van der Waals surface area contributed by atoms with Crippen LogP contribution in [-0.2, 0) is 13.1 Å². The summed E-state index contributed by atoms with van der Waals surface area (Å²) in [4.78, 5) is 0. The van der Waals surface area contributed by atoms with Gasteiger partial charge in [0.2, 0.25) is 0 Å². The van der Waals surface area contributed by atoms with E-state index in [9.17, 15) is 4.39 Å². The molecule has 0 aliphatic rings. The van der Waals surface area contributed by atoms with E-state index in [1.54, 1.807) is 6.07 Å². The topological polar surface area (TPSA) is 30.9 Å². The van der Waals surface area contributed by atoms with Crippen LogP contribution in [0, 0.1) is 5.82 Å². The predicted molar refractivity (Wildman–Crippen MR) is 83.0 cm³/mol. The number of fused-ring (bicyclic) bond motifs is 1. The van der Waals surface area contributed by atoms with Crippen molar-refractivity contribution in [2.75, 3.05) is 0 Å². The first kappa shape index (κ1) is 13.3. The first-order chi connectivity index (χ1) is 9.69. The van der Waals surface area contributed by atoms with Gasteiger partial charge in [-0.15, -0.1) is 0 Å². The van der Waals surface area contributed by atoms with Gasteiger partial charge in [0.1, 0.15) is 5.82 Å². The maximum atomic E-state index is 13.9. The smallest absolute Gasteiger partial charge is 0.128 e. The van der Waals surface area contributed by atoms with Crippen LogP contribution in [0.3, 0.4) is 0 Å². The molecule has 2 nitrogen and oxygen atoms in total. The monoisotopic (exact) mass is 332 g/mol. The van der Waals surface area contributed by atoms with E-state index in [-0.39, 0.29) is 5.82 Å². The molecule has 0 unspecified atom stereocenters. The molecule has 0 fully saturated rings. The van der Waals surface area contributed by atoms with E-state index in [0.29, 0.717) is 18.7 Å². The highest BCUT2D eigenvalue weighted by Gasteiger charge is 2.08. The van der Waals surface area contributed by atoms with Crippen molar-refractivity contribution in [3.05, 3.63) is 70.1 Å². The predicted octanol–water partition coefficient (Wildman–Crippen LogP) is 4.05. The quantitative estimate of drug-likeness (QED) is 0.770. The zero-order valence-corrected chi connectivity index (χ0v) is 12.4. The molecule has 3 rings (SSSR count). The van der Waals surface area contributed by atoms with Gasteiger partial charge in [-0.1, -0.05) is 28.1 Å². The Kier molecular flexibility index (Phi) is 3.59. The maximum absolute atomic E-state index is 13.9. The van der Waals surface area contributed by atoms with E-state index < -0.39 is 0 Å². The minimum atomic E-state index is -0.190. The Morgan fingerprint density at radius 1 is 1.10 bits per heavy atom. The normalized spacial score (nSPS) is 11.2. The fourth-order valence-electron chi connectivity index (χ4n) is 2.45. The molecule has 0 aliphatic heterocycles. The zero-order chi connectivity index (χ0) is 14.1. The molecule has 102 valence electrons. The first-order valence-electron chi connectivity index (χ1n) is 6.40. The second kappa shape index (κ2) is 5.38. The molecule has 1 aromatic heterocycles. The van der Waals surface area contributed by atoms with Gasteiger partial charge in [0, 0.05) is 33.7 Å². The fourth-order valence-corrected chi connectivity index (χ4v) is 2.86. The largest absolute Gasteiger partial charge is 0.343 e. The average molecular weight is 333 g/mol. The Hall–Kier alpha value is -1.65. The lowest BCUT2D eigenvalue weighted by Crippen LogP contribution is -2.01. The molecule has 2 N–H and O–H groups in total. The van der Waals surface area contributed by atoms with Crippen LogP contribution in [-0.4, -0.2) is 4.57 Å². The molecule has 2 aromatic carbocycles. The minimum Gasteiger partial charge on any atom is -0.343 e. The Balaban J connectivity index is 2.05. The van der Waals surface area contributed by atoms with E-state index in [1.165, 1.54) is 6.07 Å². The second-order valence-electron chi connectivity index (χ2n) is 4.73. The Morgan fingerprint density at radius 3 is 2.75 bits per heavy atom. The molecule has 0 spiro atoms. The summed E-state index contributed by atoms with van der Waals surface area (Å²) in [5.74, 6) is -0.190. The van der Waals surface area contributed by atoms with Crippen LogP contribution in [0.5, 0.6) is 0 Å². The lowest BCUT2D eigenvalue weighted by atomic mass is 10.1. The van der Waals surface area contributed by atoms with Gasteiger partial charge in [0.15, 0.2) is 0 Å². The van der Waals surface area contributed by atoms with Gasteiger partial charge in [-0.3, -0.25) is 0 Å². The van der Waals surface area contributed by atoms with Crippen LogP contribution in [0.15, 0.2) is 53.1 Å². The Bertz CT molecular complexity index is 764. The lowest BCUT2D eigenvalue weighted by Gasteiger charge is -2.08. The van der Waals surface area contributed by atoms with Crippen LogP contribution in [0.1, 0.15) is 11.1 Å². The van der Waals surface area contributed by atoms with Gasteiger partial charge < -0.3 is 10.3 Å². The van der Waals surface area contributed by atoms with Gasteiger partial charge in [-0.2, -0.15) is 0 Å². The van der Waals surface area contributed by atoms with E-state index in [2.05, 4.69) is 15.9 Å². The van der Waals surface area contributed by atoms with Gasteiger partial charge in [-0.25, -0.2) is 4.39 Å². The third-order valence-corrected chi connectivity index (χ3v) is 3.97. The summed E-state index contributed by atoms with van der Waals surface area (Å²) in [5, 5.41) is 1.13. The number of halogens is 2. The van der Waals surface area contributed by atoms with Crippen LogP contribution in [0.25, 0.3) is 10.9 Å². The summed E-state index contributed by atoms with van der Waals surface area (Å²) < 4.78 is 16.8. The molecular formula is C16H14BrFN2. The van der Waals surface area contributed by atoms with Crippen molar-refractivity contribution in [3.8, 4) is 0 Å². The van der Waals surface area contributed by atoms with Crippen molar-refractivity contribution < 1.29 is 4.39 Å². The summed E-state index contributed by atoms with van der Waals surface area (Å²) >= 11 is 3.38.